The molecule has 1 unspecified atom stereocenters. The first kappa shape index (κ1) is 10.4. The Balaban J connectivity index is 0.000000810. The van der Waals surface area contributed by atoms with Crippen LogP contribution in [0.4, 0.5) is 0 Å². The number of hydrogen-bond acceptors (Lipinski definition) is 3. The first-order valence-corrected chi connectivity index (χ1v) is 3.54. The van der Waals surface area contributed by atoms with Crippen molar-refractivity contribution in [2.24, 2.45) is 10.9 Å². The van der Waals surface area contributed by atoms with Gasteiger partial charge in [-0.05, 0) is 12.3 Å². The van der Waals surface area contributed by atoms with E-state index < -0.39 is 0 Å². The Kier molecular flexibility index (Phi) is 5.24. The molecule has 1 atom stereocenters. The van der Waals surface area contributed by atoms with Crippen LogP contribution in [-0.2, 0) is 37.8 Å². The summed E-state index contributed by atoms with van der Waals surface area (Å²) >= 11 is 4.76. The minimum atomic E-state index is 0. The SMILES string of the molecule is CC1CCOC([S-])=NC1.[Re]. The van der Waals surface area contributed by atoms with Gasteiger partial charge in [-0.2, -0.15) is 0 Å². The van der Waals surface area contributed by atoms with Gasteiger partial charge in [-0.25, -0.2) is 0 Å². The Hall–Kier alpha value is 0.352. The molecule has 1 aliphatic rings. The second kappa shape index (κ2) is 5.06. The van der Waals surface area contributed by atoms with E-state index in [2.05, 4.69) is 11.9 Å². The van der Waals surface area contributed by atoms with Crippen molar-refractivity contribution in [3.63, 3.8) is 0 Å². The Morgan fingerprint density at radius 2 is 2.40 bits per heavy atom. The quantitative estimate of drug-likeness (QED) is 0.617. The Bertz CT molecular complexity index is 129. The zero-order chi connectivity index (χ0) is 6.69. The summed E-state index contributed by atoms with van der Waals surface area (Å²) in [5.74, 6) is 0.630. The number of rotatable bonds is 0. The molecule has 0 aromatic heterocycles. The summed E-state index contributed by atoms with van der Waals surface area (Å²) in [5.41, 5.74) is 0. The predicted molar refractivity (Wildman–Crippen MR) is 39.4 cm³/mol. The Labute approximate surface area is 80.5 Å². The summed E-state index contributed by atoms with van der Waals surface area (Å²) in [6, 6.07) is 0. The van der Waals surface area contributed by atoms with Gasteiger partial charge in [-0.15, -0.1) is 0 Å². The van der Waals surface area contributed by atoms with E-state index in [4.69, 9.17) is 17.4 Å². The van der Waals surface area contributed by atoms with Crippen molar-refractivity contribution in [2.45, 2.75) is 13.3 Å². The van der Waals surface area contributed by atoms with Gasteiger partial charge in [0.25, 0.3) is 0 Å². The monoisotopic (exact) mass is 331 g/mol. The van der Waals surface area contributed by atoms with Crippen molar-refractivity contribution in [1.29, 1.82) is 0 Å². The number of ether oxygens (including phenoxy) is 1. The molecule has 0 amide bonds. The summed E-state index contributed by atoms with van der Waals surface area (Å²) in [6.07, 6.45) is 1.07. The van der Waals surface area contributed by atoms with Crippen LogP contribution in [0.2, 0.25) is 0 Å². The smallest absolute Gasteiger partial charge is 0.0876 e. The molecule has 0 fully saturated rings. The van der Waals surface area contributed by atoms with Gasteiger partial charge in [0.2, 0.25) is 0 Å². The van der Waals surface area contributed by atoms with Gasteiger partial charge < -0.3 is 17.4 Å². The zero-order valence-electron chi connectivity index (χ0n) is 5.84. The molecule has 10 heavy (non-hydrogen) atoms. The minimum absolute atomic E-state index is 0. The van der Waals surface area contributed by atoms with E-state index in [1.165, 1.54) is 0 Å². The van der Waals surface area contributed by atoms with E-state index >= 15 is 0 Å². The van der Waals surface area contributed by atoms with Gasteiger partial charge in [-0.3, -0.25) is 4.99 Å². The summed E-state index contributed by atoms with van der Waals surface area (Å²) in [7, 11) is 0. The molecular weight excluding hydrogens is 320 g/mol. The van der Waals surface area contributed by atoms with Crippen LogP contribution >= 0.6 is 0 Å². The van der Waals surface area contributed by atoms with Crippen LogP contribution in [0, 0.1) is 5.92 Å². The predicted octanol–water partition coefficient (Wildman–Crippen LogP) is 0.943. The molecule has 1 radical (unpaired) electrons. The maximum absolute atomic E-state index is 5.04. The molecule has 0 saturated carbocycles. The molecule has 59 valence electrons. The molecule has 0 bridgehead atoms. The summed E-state index contributed by atoms with van der Waals surface area (Å²) in [4.78, 5) is 4.01. The molecule has 1 heterocycles. The molecule has 1 rings (SSSR count). The number of aliphatic imine (C=N–C) groups is 1. The number of hydrogen-bond donors (Lipinski definition) is 0. The second-order valence-electron chi connectivity index (χ2n) is 2.35. The topological polar surface area (TPSA) is 21.6 Å². The minimum Gasteiger partial charge on any atom is -0.722 e. The average Bonchev–Trinajstić information content (AvgIpc) is 1.97. The largest absolute Gasteiger partial charge is 0.722 e. The van der Waals surface area contributed by atoms with E-state index in [0.29, 0.717) is 11.1 Å². The molecular formula is C6H10NOReS-. The fourth-order valence-electron chi connectivity index (χ4n) is 0.715. The molecule has 0 N–H and O–H groups in total. The van der Waals surface area contributed by atoms with Crippen LogP contribution in [0.3, 0.4) is 0 Å². The first-order chi connectivity index (χ1) is 4.29. The van der Waals surface area contributed by atoms with Gasteiger partial charge in [0.1, 0.15) is 0 Å². The van der Waals surface area contributed by atoms with Crippen LogP contribution in [0.5, 0.6) is 0 Å². The van der Waals surface area contributed by atoms with Crippen LogP contribution in [0.1, 0.15) is 13.3 Å². The van der Waals surface area contributed by atoms with Crippen LogP contribution in [0.15, 0.2) is 4.99 Å². The fourth-order valence-corrected chi connectivity index (χ4v) is 0.873. The molecule has 0 aromatic carbocycles. The van der Waals surface area contributed by atoms with Gasteiger partial charge in [0.05, 0.1) is 11.8 Å². The third-order valence-electron chi connectivity index (χ3n) is 1.37. The second-order valence-corrected chi connectivity index (χ2v) is 2.70. The normalized spacial score (nSPS) is 25.3. The van der Waals surface area contributed by atoms with Crippen molar-refractivity contribution < 1.29 is 25.2 Å². The Morgan fingerprint density at radius 3 is 3.10 bits per heavy atom. The standard InChI is InChI=1S/C6H11NOS.Re/c1-5-2-3-8-6(9)7-4-5;/h5H,2-4H2,1H3,(H,7,9);/p-1. The van der Waals surface area contributed by atoms with Crippen molar-refractivity contribution in [3.05, 3.63) is 0 Å². The van der Waals surface area contributed by atoms with Crippen LogP contribution < -0.4 is 0 Å². The van der Waals surface area contributed by atoms with Crippen LogP contribution in [0.25, 0.3) is 0 Å². The summed E-state index contributed by atoms with van der Waals surface area (Å²) in [6.45, 7) is 3.73. The summed E-state index contributed by atoms with van der Waals surface area (Å²) in [5, 5.41) is 0.430. The molecule has 0 aromatic rings. The molecule has 0 saturated heterocycles. The fraction of sp³-hybridized carbons (Fsp3) is 0.833. The van der Waals surface area contributed by atoms with E-state index in [1.807, 2.05) is 0 Å². The third kappa shape index (κ3) is 3.50. The zero-order valence-corrected chi connectivity index (χ0v) is 9.37. The summed E-state index contributed by atoms with van der Waals surface area (Å²) < 4.78 is 5.04. The molecule has 4 heteroatoms. The average molecular weight is 330 g/mol. The van der Waals surface area contributed by atoms with E-state index in [1.54, 1.807) is 0 Å². The molecule has 0 aliphatic carbocycles. The number of nitrogens with zero attached hydrogens (tertiary/aromatic N) is 1. The van der Waals surface area contributed by atoms with E-state index in [9.17, 15) is 0 Å². The van der Waals surface area contributed by atoms with Crippen molar-refractivity contribution in [3.8, 4) is 0 Å². The van der Waals surface area contributed by atoms with Crippen molar-refractivity contribution in [1.82, 2.24) is 0 Å². The van der Waals surface area contributed by atoms with E-state index in [0.717, 1.165) is 19.6 Å². The maximum Gasteiger partial charge on any atom is 0.0876 e. The van der Waals surface area contributed by atoms with Crippen molar-refractivity contribution >= 4 is 17.9 Å². The van der Waals surface area contributed by atoms with Gasteiger partial charge in [0.15, 0.2) is 0 Å². The molecule has 2 nitrogen and oxygen atoms in total. The Morgan fingerprint density at radius 1 is 1.70 bits per heavy atom. The molecule has 0 spiro atoms. The molecule has 1 aliphatic heterocycles. The first-order valence-electron chi connectivity index (χ1n) is 3.13. The third-order valence-corrected chi connectivity index (χ3v) is 1.62. The maximum atomic E-state index is 5.04. The van der Waals surface area contributed by atoms with E-state index in [-0.39, 0.29) is 20.4 Å². The van der Waals surface area contributed by atoms with Gasteiger partial charge >= 0.3 is 0 Å². The van der Waals surface area contributed by atoms with Gasteiger partial charge in [-0.1, -0.05) is 6.92 Å². The van der Waals surface area contributed by atoms with Gasteiger partial charge in [0, 0.05) is 27.0 Å². The van der Waals surface area contributed by atoms with Crippen LogP contribution in [-0.4, -0.2) is 18.4 Å². The van der Waals surface area contributed by atoms with Crippen molar-refractivity contribution in [2.75, 3.05) is 13.2 Å².